The highest BCUT2D eigenvalue weighted by Crippen LogP contribution is 2.24. The van der Waals surface area contributed by atoms with Crippen LogP contribution in [0.5, 0.6) is 0 Å². The number of hydrogen-bond donors (Lipinski definition) is 0. The molecule has 1 unspecified atom stereocenters. The lowest BCUT2D eigenvalue weighted by Gasteiger charge is -2.36. The third-order valence-electron chi connectivity index (χ3n) is 5.12. The number of carbonyl (C=O) groups excluding carboxylic acids is 2. The molecule has 1 aliphatic heterocycles. The van der Waals surface area contributed by atoms with Crippen molar-refractivity contribution in [2.75, 3.05) is 0 Å². The number of esters is 1. The van der Waals surface area contributed by atoms with Gasteiger partial charge in [0, 0.05) is 11.5 Å². The topological polar surface area (TPSA) is 105 Å². The van der Waals surface area contributed by atoms with E-state index in [0.717, 1.165) is 11.1 Å². The van der Waals surface area contributed by atoms with E-state index >= 15 is 0 Å². The van der Waals surface area contributed by atoms with E-state index in [2.05, 4.69) is 10.0 Å². The summed E-state index contributed by atoms with van der Waals surface area (Å²) in [6.45, 7) is 2.31. The van der Waals surface area contributed by atoms with Crippen molar-refractivity contribution >= 4 is 12.1 Å². The Labute approximate surface area is 175 Å². The first-order chi connectivity index (χ1) is 14.6. The molecular formula is C22H24N4O4. The van der Waals surface area contributed by atoms with Crippen molar-refractivity contribution in [3.63, 3.8) is 0 Å². The Hall–Kier alpha value is -3.51. The number of cyclic esters (lactones) is 1. The van der Waals surface area contributed by atoms with Gasteiger partial charge < -0.3 is 9.47 Å². The van der Waals surface area contributed by atoms with E-state index in [1.165, 1.54) is 0 Å². The van der Waals surface area contributed by atoms with Gasteiger partial charge in [0.25, 0.3) is 0 Å². The fraction of sp³-hybridized carbons (Fsp3) is 0.364. The lowest BCUT2D eigenvalue weighted by Crippen LogP contribution is -2.49. The van der Waals surface area contributed by atoms with Crippen molar-refractivity contribution in [1.82, 2.24) is 4.90 Å². The van der Waals surface area contributed by atoms with E-state index in [1.807, 2.05) is 67.6 Å². The molecule has 3 atom stereocenters. The Balaban J connectivity index is 1.72. The maximum atomic E-state index is 13.0. The van der Waals surface area contributed by atoms with E-state index in [4.69, 9.17) is 15.0 Å². The molecule has 1 heterocycles. The molecule has 1 aliphatic rings. The van der Waals surface area contributed by atoms with Crippen LogP contribution in [0.2, 0.25) is 0 Å². The summed E-state index contributed by atoms with van der Waals surface area (Å²) in [6.07, 6.45) is -0.108. The van der Waals surface area contributed by atoms with Gasteiger partial charge in [0.15, 0.2) is 0 Å². The highest BCUT2D eigenvalue weighted by Gasteiger charge is 2.36. The van der Waals surface area contributed by atoms with Crippen molar-refractivity contribution in [3.8, 4) is 0 Å². The van der Waals surface area contributed by atoms with Crippen molar-refractivity contribution < 1.29 is 19.1 Å². The van der Waals surface area contributed by atoms with Gasteiger partial charge in [0.1, 0.15) is 18.8 Å². The zero-order valence-electron chi connectivity index (χ0n) is 16.8. The normalized spacial score (nSPS) is 19.2. The van der Waals surface area contributed by atoms with Gasteiger partial charge in [0.2, 0.25) is 0 Å². The largest absolute Gasteiger partial charge is 0.460 e. The predicted octanol–water partition coefficient (Wildman–Crippen LogP) is 4.60. The molecule has 0 aromatic heterocycles. The molecule has 3 rings (SSSR count). The lowest BCUT2D eigenvalue weighted by atomic mass is 9.99. The monoisotopic (exact) mass is 408 g/mol. The Bertz CT molecular complexity index is 900. The number of benzene rings is 2. The molecule has 0 saturated carbocycles. The van der Waals surface area contributed by atoms with E-state index in [9.17, 15) is 9.59 Å². The third kappa shape index (κ3) is 5.52. The SMILES string of the molecule is C[C@H]([C@@H]1CCC(N=[N+]=[N-])C(=O)O1)N(Cc1ccccc1)C(=O)OCc1ccccc1. The van der Waals surface area contributed by atoms with Crippen LogP contribution in [-0.2, 0) is 27.4 Å². The Morgan fingerprint density at radius 3 is 2.40 bits per heavy atom. The molecule has 0 aliphatic carbocycles. The minimum atomic E-state index is -0.814. The van der Waals surface area contributed by atoms with Crippen molar-refractivity contribution in [3.05, 3.63) is 82.2 Å². The van der Waals surface area contributed by atoms with Gasteiger partial charge in [-0.05, 0) is 36.4 Å². The quantitative estimate of drug-likeness (QED) is 0.289. The van der Waals surface area contributed by atoms with E-state index in [1.54, 1.807) is 4.90 Å². The summed E-state index contributed by atoms with van der Waals surface area (Å²) >= 11 is 0. The number of ether oxygens (including phenoxy) is 2. The first-order valence-corrected chi connectivity index (χ1v) is 9.84. The fourth-order valence-corrected chi connectivity index (χ4v) is 3.39. The summed E-state index contributed by atoms with van der Waals surface area (Å²) in [7, 11) is 0. The molecule has 0 bridgehead atoms. The second-order valence-corrected chi connectivity index (χ2v) is 7.17. The molecule has 2 aromatic rings. The van der Waals surface area contributed by atoms with Crippen molar-refractivity contribution in [2.24, 2.45) is 5.11 Å². The van der Waals surface area contributed by atoms with Crippen molar-refractivity contribution in [2.45, 2.75) is 51.1 Å². The Morgan fingerprint density at radius 1 is 1.17 bits per heavy atom. The molecule has 0 spiro atoms. The van der Waals surface area contributed by atoms with Gasteiger partial charge in [-0.25, -0.2) is 4.79 Å². The first kappa shape index (κ1) is 21.2. The number of hydrogen-bond acceptors (Lipinski definition) is 5. The van der Waals surface area contributed by atoms with Gasteiger partial charge in [-0.15, -0.1) is 0 Å². The van der Waals surface area contributed by atoms with Crippen LogP contribution in [-0.4, -0.2) is 35.2 Å². The standard InChI is InChI=1S/C22H24N4O4/c1-16(20-13-12-19(24-25-23)21(27)30-20)26(14-17-8-4-2-5-9-17)22(28)29-15-18-10-6-3-7-11-18/h2-11,16,19-20H,12-15H2,1H3/t16-,19?,20+/m1/s1. The zero-order chi connectivity index (χ0) is 21.3. The Morgan fingerprint density at radius 2 is 1.80 bits per heavy atom. The Kier molecular flexibility index (Phi) is 7.29. The molecule has 1 amide bonds. The van der Waals surface area contributed by atoms with Crippen LogP contribution in [0.1, 0.15) is 30.9 Å². The molecular weight excluding hydrogens is 384 g/mol. The van der Waals surface area contributed by atoms with Crippen molar-refractivity contribution in [1.29, 1.82) is 0 Å². The second kappa shape index (κ2) is 10.3. The summed E-state index contributed by atoms with van der Waals surface area (Å²) in [5, 5.41) is 3.47. The maximum Gasteiger partial charge on any atom is 0.410 e. The van der Waals surface area contributed by atoms with Crippen LogP contribution in [0.4, 0.5) is 4.79 Å². The van der Waals surface area contributed by atoms with Crippen LogP contribution >= 0.6 is 0 Å². The molecule has 8 nitrogen and oxygen atoms in total. The molecule has 30 heavy (non-hydrogen) atoms. The van der Waals surface area contributed by atoms with Gasteiger partial charge >= 0.3 is 12.1 Å². The number of carbonyl (C=O) groups is 2. The zero-order valence-corrected chi connectivity index (χ0v) is 16.8. The average Bonchev–Trinajstić information content (AvgIpc) is 2.78. The summed E-state index contributed by atoms with van der Waals surface area (Å²) in [5.74, 6) is -0.562. The smallest absolute Gasteiger partial charge is 0.410 e. The fourth-order valence-electron chi connectivity index (χ4n) is 3.39. The molecule has 1 fully saturated rings. The van der Waals surface area contributed by atoms with Crippen LogP contribution in [0, 0.1) is 0 Å². The minimum Gasteiger partial charge on any atom is -0.460 e. The molecule has 0 radical (unpaired) electrons. The van der Waals surface area contributed by atoms with Gasteiger partial charge in [-0.2, -0.15) is 0 Å². The number of nitrogens with zero attached hydrogens (tertiary/aromatic N) is 4. The molecule has 1 saturated heterocycles. The molecule has 156 valence electrons. The lowest BCUT2D eigenvalue weighted by molar-refractivity contribution is -0.159. The predicted molar refractivity (Wildman–Crippen MR) is 110 cm³/mol. The average molecular weight is 408 g/mol. The summed E-state index contributed by atoms with van der Waals surface area (Å²) in [5.41, 5.74) is 10.4. The number of azide groups is 1. The molecule has 8 heteroatoms. The highest BCUT2D eigenvalue weighted by molar-refractivity contribution is 5.77. The minimum absolute atomic E-state index is 0.154. The highest BCUT2D eigenvalue weighted by atomic mass is 16.6. The van der Waals surface area contributed by atoms with Gasteiger partial charge in [-0.1, -0.05) is 65.8 Å². The van der Waals surface area contributed by atoms with E-state index in [0.29, 0.717) is 19.4 Å². The van der Waals surface area contributed by atoms with E-state index < -0.39 is 30.3 Å². The second-order valence-electron chi connectivity index (χ2n) is 7.17. The van der Waals surface area contributed by atoms with Crippen LogP contribution in [0.15, 0.2) is 65.8 Å². The summed E-state index contributed by atoms with van der Waals surface area (Å²) < 4.78 is 11.0. The van der Waals surface area contributed by atoms with E-state index in [-0.39, 0.29) is 6.61 Å². The van der Waals surface area contributed by atoms with Crippen LogP contribution < -0.4 is 0 Å². The number of amides is 1. The van der Waals surface area contributed by atoms with Gasteiger partial charge in [0.05, 0.1) is 6.04 Å². The van der Waals surface area contributed by atoms with Crippen LogP contribution in [0.3, 0.4) is 0 Å². The summed E-state index contributed by atoms with van der Waals surface area (Å²) in [6, 6.07) is 17.8. The number of rotatable bonds is 7. The first-order valence-electron chi connectivity index (χ1n) is 9.84. The summed E-state index contributed by atoms with van der Waals surface area (Å²) in [4.78, 5) is 29.4. The maximum absolute atomic E-state index is 13.0. The molecule has 2 aromatic carbocycles. The third-order valence-corrected chi connectivity index (χ3v) is 5.12. The molecule has 0 N–H and O–H groups in total. The van der Waals surface area contributed by atoms with Crippen LogP contribution in [0.25, 0.3) is 10.4 Å². The van der Waals surface area contributed by atoms with Gasteiger partial charge in [-0.3, -0.25) is 9.69 Å².